The Hall–Kier alpha value is -2.51. The molecule has 1 aliphatic rings. The molecule has 0 bridgehead atoms. The standard InChI is InChI=1S/C24H30N4O2S/c1-24(2,3)19-10-8-18(9-11-19)23(29)28-15-13-27(14-16-28)12-4-7-21-25-22(26-30-21)20-6-5-17-31-20/h5-6,8-11,17H,4,7,12-16H2,1-3H3. The van der Waals surface area contributed by atoms with Gasteiger partial charge in [0.25, 0.3) is 5.91 Å². The molecular weight excluding hydrogens is 408 g/mol. The molecule has 0 saturated carbocycles. The zero-order chi connectivity index (χ0) is 21.8. The fraction of sp³-hybridized carbons (Fsp3) is 0.458. The highest BCUT2D eigenvalue weighted by molar-refractivity contribution is 7.13. The molecule has 4 rings (SSSR count). The average Bonchev–Trinajstić information content (AvgIpc) is 3.45. The zero-order valence-corrected chi connectivity index (χ0v) is 19.3. The summed E-state index contributed by atoms with van der Waals surface area (Å²) in [4.78, 5) is 22.7. The quantitative estimate of drug-likeness (QED) is 0.568. The van der Waals surface area contributed by atoms with Crippen LogP contribution in [0.3, 0.4) is 0 Å². The number of carbonyl (C=O) groups is 1. The van der Waals surface area contributed by atoms with Crippen molar-refractivity contribution in [3.05, 3.63) is 58.8 Å². The van der Waals surface area contributed by atoms with Gasteiger partial charge < -0.3 is 9.42 Å². The Morgan fingerprint density at radius 3 is 2.48 bits per heavy atom. The third-order valence-electron chi connectivity index (χ3n) is 5.73. The highest BCUT2D eigenvalue weighted by Gasteiger charge is 2.23. The van der Waals surface area contributed by atoms with Crippen LogP contribution in [0.25, 0.3) is 10.7 Å². The normalized spacial score (nSPS) is 15.4. The smallest absolute Gasteiger partial charge is 0.253 e. The lowest BCUT2D eigenvalue weighted by Crippen LogP contribution is -2.48. The summed E-state index contributed by atoms with van der Waals surface area (Å²) in [6, 6.07) is 12.1. The number of amides is 1. The van der Waals surface area contributed by atoms with Gasteiger partial charge in [0.15, 0.2) is 0 Å². The van der Waals surface area contributed by atoms with Gasteiger partial charge in [-0.3, -0.25) is 9.69 Å². The lowest BCUT2D eigenvalue weighted by molar-refractivity contribution is 0.0635. The van der Waals surface area contributed by atoms with Crippen molar-refractivity contribution < 1.29 is 9.32 Å². The maximum absolute atomic E-state index is 12.8. The van der Waals surface area contributed by atoms with E-state index in [1.807, 2.05) is 34.5 Å². The van der Waals surface area contributed by atoms with Crippen molar-refractivity contribution in [3.8, 4) is 10.7 Å². The summed E-state index contributed by atoms with van der Waals surface area (Å²) in [5.74, 6) is 1.50. The SMILES string of the molecule is CC(C)(C)c1ccc(C(=O)N2CCN(CCCc3nc(-c4cccs4)no3)CC2)cc1. The van der Waals surface area contributed by atoms with Gasteiger partial charge in [-0.15, -0.1) is 11.3 Å². The van der Waals surface area contributed by atoms with Crippen molar-refractivity contribution in [1.29, 1.82) is 0 Å². The maximum Gasteiger partial charge on any atom is 0.253 e. The van der Waals surface area contributed by atoms with E-state index in [9.17, 15) is 4.79 Å². The van der Waals surface area contributed by atoms with E-state index in [0.717, 1.165) is 56.0 Å². The van der Waals surface area contributed by atoms with Crippen LogP contribution in [0.15, 0.2) is 46.3 Å². The number of aryl methyl sites for hydroxylation is 1. The molecule has 1 aromatic carbocycles. The van der Waals surface area contributed by atoms with Gasteiger partial charge in [-0.05, 0) is 47.5 Å². The number of thiophene rings is 1. The van der Waals surface area contributed by atoms with Crippen LogP contribution in [-0.2, 0) is 11.8 Å². The minimum absolute atomic E-state index is 0.0972. The number of nitrogens with zero attached hydrogens (tertiary/aromatic N) is 4. The lowest BCUT2D eigenvalue weighted by Gasteiger charge is -2.34. The van der Waals surface area contributed by atoms with Crippen molar-refractivity contribution >= 4 is 17.2 Å². The first-order valence-corrected chi connectivity index (χ1v) is 11.8. The Balaban J connectivity index is 1.21. The predicted octanol–water partition coefficient (Wildman–Crippen LogP) is 4.49. The summed E-state index contributed by atoms with van der Waals surface area (Å²) < 4.78 is 5.38. The largest absolute Gasteiger partial charge is 0.339 e. The van der Waals surface area contributed by atoms with Gasteiger partial charge >= 0.3 is 0 Å². The number of aromatic nitrogens is 2. The molecule has 1 fully saturated rings. The van der Waals surface area contributed by atoms with E-state index < -0.39 is 0 Å². The van der Waals surface area contributed by atoms with Gasteiger partial charge in [0, 0.05) is 38.2 Å². The second-order valence-corrected chi connectivity index (χ2v) is 10.0. The van der Waals surface area contributed by atoms with Crippen molar-refractivity contribution in [2.45, 2.75) is 39.0 Å². The van der Waals surface area contributed by atoms with Gasteiger partial charge in [-0.25, -0.2) is 0 Å². The molecule has 0 atom stereocenters. The molecule has 3 aromatic rings. The van der Waals surface area contributed by atoms with Crippen molar-refractivity contribution in [1.82, 2.24) is 19.9 Å². The zero-order valence-electron chi connectivity index (χ0n) is 18.5. The molecule has 0 aliphatic carbocycles. The maximum atomic E-state index is 12.8. The van der Waals surface area contributed by atoms with E-state index in [0.29, 0.717) is 11.7 Å². The highest BCUT2D eigenvalue weighted by Crippen LogP contribution is 2.23. The average molecular weight is 439 g/mol. The Morgan fingerprint density at radius 1 is 1.10 bits per heavy atom. The van der Waals surface area contributed by atoms with Crippen LogP contribution >= 0.6 is 11.3 Å². The minimum Gasteiger partial charge on any atom is -0.339 e. The monoisotopic (exact) mass is 438 g/mol. The third-order valence-corrected chi connectivity index (χ3v) is 6.60. The van der Waals surface area contributed by atoms with E-state index in [4.69, 9.17) is 4.52 Å². The fourth-order valence-electron chi connectivity index (χ4n) is 3.79. The van der Waals surface area contributed by atoms with Crippen LogP contribution in [0, 0.1) is 0 Å². The van der Waals surface area contributed by atoms with Crippen molar-refractivity contribution in [2.75, 3.05) is 32.7 Å². The van der Waals surface area contributed by atoms with E-state index in [2.05, 4.69) is 47.9 Å². The number of carbonyl (C=O) groups excluding carboxylic acids is 1. The summed E-state index contributed by atoms with van der Waals surface area (Å²) in [6.45, 7) is 10.9. The number of hydrogen-bond acceptors (Lipinski definition) is 6. The fourth-order valence-corrected chi connectivity index (χ4v) is 4.44. The van der Waals surface area contributed by atoms with Gasteiger partial charge in [-0.1, -0.05) is 44.1 Å². The van der Waals surface area contributed by atoms with Gasteiger partial charge in [-0.2, -0.15) is 4.98 Å². The van der Waals surface area contributed by atoms with Crippen LogP contribution in [0.2, 0.25) is 0 Å². The predicted molar refractivity (Wildman–Crippen MR) is 123 cm³/mol. The van der Waals surface area contributed by atoms with Crippen LogP contribution < -0.4 is 0 Å². The van der Waals surface area contributed by atoms with E-state index in [1.165, 1.54) is 5.56 Å². The summed E-state index contributed by atoms with van der Waals surface area (Å²) in [6.07, 6.45) is 1.74. The summed E-state index contributed by atoms with van der Waals surface area (Å²) >= 11 is 1.61. The molecule has 164 valence electrons. The van der Waals surface area contributed by atoms with E-state index >= 15 is 0 Å². The second-order valence-electron chi connectivity index (χ2n) is 9.05. The van der Waals surface area contributed by atoms with Gasteiger partial charge in [0.1, 0.15) is 0 Å². The molecule has 1 amide bonds. The van der Waals surface area contributed by atoms with E-state index in [1.54, 1.807) is 11.3 Å². The minimum atomic E-state index is 0.0972. The lowest BCUT2D eigenvalue weighted by atomic mass is 9.86. The third kappa shape index (κ3) is 5.40. The molecule has 31 heavy (non-hydrogen) atoms. The molecule has 1 aliphatic heterocycles. The molecular formula is C24H30N4O2S. The van der Waals surface area contributed by atoms with Gasteiger partial charge in [0.2, 0.25) is 11.7 Å². The van der Waals surface area contributed by atoms with E-state index in [-0.39, 0.29) is 11.3 Å². The van der Waals surface area contributed by atoms with Crippen molar-refractivity contribution in [3.63, 3.8) is 0 Å². The van der Waals surface area contributed by atoms with Crippen LogP contribution in [-0.4, -0.2) is 58.6 Å². The molecule has 0 N–H and O–H groups in total. The first-order chi connectivity index (χ1) is 14.9. The molecule has 6 nitrogen and oxygen atoms in total. The topological polar surface area (TPSA) is 62.5 Å². The first kappa shape index (κ1) is 21.7. The van der Waals surface area contributed by atoms with Crippen molar-refractivity contribution in [2.24, 2.45) is 0 Å². The van der Waals surface area contributed by atoms with Crippen LogP contribution in [0.1, 0.15) is 49.0 Å². The highest BCUT2D eigenvalue weighted by atomic mass is 32.1. The molecule has 0 unspecified atom stereocenters. The molecule has 7 heteroatoms. The Kier molecular flexibility index (Phi) is 6.53. The Labute approximate surface area is 187 Å². The molecule has 0 spiro atoms. The number of rotatable bonds is 6. The second kappa shape index (κ2) is 9.32. The Morgan fingerprint density at radius 2 is 1.84 bits per heavy atom. The first-order valence-electron chi connectivity index (χ1n) is 10.9. The number of benzene rings is 1. The number of piperazine rings is 1. The molecule has 1 saturated heterocycles. The van der Waals surface area contributed by atoms with Crippen LogP contribution in [0.5, 0.6) is 0 Å². The summed E-state index contributed by atoms with van der Waals surface area (Å²) in [5.41, 5.74) is 2.12. The molecule has 0 radical (unpaired) electrons. The molecule has 3 heterocycles. The van der Waals surface area contributed by atoms with Gasteiger partial charge in [0.05, 0.1) is 4.88 Å². The Bertz CT molecular complexity index is 982. The molecule has 2 aromatic heterocycles. The number of hydrogen-bond donors (Lipinski definition) is 0. The summed E-state index contributed by atoms with van der Waals surface area (Å²) in [5, 5.41) is 6.08. The summed E-state index contributed by atoms with van der Waals surface area (Å²) in [7, 11) is 0. The van der Waals surface area contributed by atoms with Crippen LogP contribution in [0.4, 0.5) is 0 Å².